The Kier molecular flexibility index (Phi) is 7.39. The molecule has 0 aliphatic carbocycles. The zero-order valence-electron chi connectivity index (χ0n) is 10.7. The molecule has 3 nitrogen and oxygen atoms in total. The van der Waals surface area contributed by atoms with E-state index in [9.17, 15) is 4.79 Å². The molecular formula is C12H25NO2. The Morgan fingerprint density at radius 2 is 1.87 bits per heavy atom. The lowest BCUT2D eigenvalue weighted by atomic mass is 10.0. The lowest BCUT2D eigenvalue weighted by molar-refractivity contribution is -0.145. The molecule has 0 aromatic rings. The van der Waals surface area contributed by atoms with Crippen LogP contribution in [0.3, 0.4) is 0 Å². The van der Waals surface area contributed by atoms with Crippen molar-refractivity contribution in [3.8, 4) is 0 Å². The summed E-state index contributed by atoms with van der Waals surface area (Å²) in [5, 5.41) is 3.48. The molecular weight excluding hydrogens is 190 g/mol. The largest absolute Gasteiger partial charge is 0.469 e. The molecule has 3 atom stereocenters. The highest BCUT2D eigenvalue weighted by molar-refractivity contribution is 5.71. The van der Waals surface area contributed by atoms with E-state index in [0.29, 0.717) is 12.1 Å². The van der Waals surface area contributed by atoms with Gasteiger partial charge in [0.15, 0.2) is 0 Å². The van der Waals surface area contributed by atoms with Gasteiger partial charge in [0.1, 0.15) is 0 Å². The molecule has 0 aromatic carbocycles. The van der Waals surface area contributed by atoms with Crippen LogP contribution in [0.4, 0.5) is 0 Å². The van der Waals surface area contributed by atoms with Gasteiger partial charge in [0, 0.05) is 12.1 Å². The minimum atomic E-state index is -0.119. The number of hydrogen-bond acceptors (Lipinski definition) is 3. The van der Waals surface area contributed by atoms with E-state index in [1.165, 1.54) is 20.0 Å². The summed E-state index contributed by atoms with van der Waals surface area (Å²) in [4.78, 5) is 11.2. The molecule has 15 heavy (non-hydrogen) atoms. The lowest BCUT2D eigenvalue weighted by Gasteiger charge is -2.21. The molecule has 0 amide bonds. The van der Waals surface area contributed by atoms with Crippen LogP contribution in [-0.4, -0.2) is 25.2 Å². The number of nitrogens with one attached hydrogen (secondary N) is 1. The predicted octanol–water partition coefficient (Wildman–Crippen LogP) is 2.35. The average Bonchev–Trinajstić information content (AvgIpc) is 2.16. The Balaban J connectivity index is 3.81. The maximum Gasteiger partial charge on any atom is 0.308 e. The number of ether oxygens (including phenoxy) is 1. The first-order valence-corrected chi connectivity index (χ1v) is 5.85. The molecule has 0 aliphatic heterocycles. The monoisotopic (exact) mass is 215 g/mol. The normalized spacial score (nSPS) is 16.9. The first-order valence-electron chi connectivity index (χ1n) is 5.85. The van der Waals surface area contributed by atoms with Crippen LogP contribution >= 0.6 is 0 Å². The van der Waals surface area contributed by atoms with Gasteiger partial charge in [-0.1, -0.05) is 20.3 Å². The summed E-state index contributed by atoms with van der Waals surface area (Å²) >= 11 is 0. The fourth-order valence-electron chi connectivity index (χ4n) is 1.90. The summed E-state index contributed by atoms with van der Waals surface area (Å²) in [6, 6.07) is 0.885. The van der Waals surface area contributed by atoms with Crippen molar-refractivity contribution in [3.63, 3.8) is 0 Å². The van der Waals surface area contributed by atoms with Gasteiger partial charge in [-0.2, -0.15) is 0 Å². The third kappa shape index (κ3) is 6.50. The number of methoxy groups -OCH3 is 1. The fraction of sp³-hybridized carbons (Fsp3) is 0.917. The smallest absolute Gasteiger partial charge is 0.308 e. The maximum absolute atomic E-state index is 11.2. The molecule has 0 rings (SSSR count). The van der Waals surface area contributed by atoms with Crippen molar-refractivity contribution in [2.24, 2.45) is 5.92 Å². The highest BCUT2D eigenvalue weighted by atomic mass is 16.5. The maximum atomic E-state index is 11.2. The summed E-state index contributed by atoms with van der Waals surface area (Å²) in [7, 11) is 1.44. The number of carbonyl (C=O) groups excluding carboxylic acids is 1. The van der Waals surface area contributed by atoms with Crippen LogP contribution in [0.2, 0.25) is 0 Å². The second kappa shape index (κ2) is 7.69. The van der Waals surface area contributed by atoms with Crippen molar-refractivity contribution < 1.29 is 9.53 Å². The van der Waals surface area contributed by atoms with Gasteiger partial charge >= 0.3 is 5.97 Å². The van der Waals surface area contributed by atoms with Gasteiger partial charge in [0.25, 0.3) is 0 Å². The van der Waals surface area contributed by atoms with Gasteiger partial charge in [0.2, 0.25) is 0 Å². The number of hydrogen-bond donors (Lipinski definition) is 1. The van der Waals surface area contributed by atoms with Crippen LogP contribution < -0.4 is 5.32 Å². The standard InChI is InChI=1S/C12H25NO2/c1-6-7-10(3)13-11(4)8-9(2)12(14)15-5/h9-11,13H,6-8H2,1-5H3. The molecule has 1 N–H and O–H groups in total. The highest BCUT2D eigenvalue weighted by Gasteiger charge is 2.17. The molecule has 0 bridgehead atoms. The van der Waals surface area contributed by atoms with Crippen molar-refractivity contribution in [1.29, 1.82) is 0 Å². The lowest BCUT2D eigenvalue weighted by Crippen LogP contribution is -2.36. The van der Waals surface area contributed by atoms with Crippen LogP contribution in [-0.2, 0) is 9.53 Å². The van der Waals surface area contributed by atoms with Crippen LogP contribution in [0, 0.1) is 5.92 Å². The minimum absolute atomic E-state index is 0.0219. The minimum Gasteiger partial charge on any atom is -0.469 e. The Labute approximate surface area is 93.6 Å². The third-order valence-electron chi connectivity index (χ3n) is 2.60. The van der Waals surface area contributed by atoms with E-state index in [0.717, 1.165) is 6.42 Å². The third-order valence-corrected chi connectivity index (χ3v) is 2.60. The predicted molar refractivity (Wildman–Crippen MR) is 62.8 cm³/mol. The Bertz CT molecular complexity index is 182. The molecule has 0 fully saturated rings. The zero-order chi connectivity index (χ0) is 11.8. The summed E-state index contributed by atoms with van der Waals surface area (Å²) in [5.74, 6) is -0.141. The molecule has 0 saturated carbocycles. The van der Waals surface area contributed by atoms with Crippen molar-refractivity contribution >= 4 is 5.97 Å². The van der Waals surface area contributed by atoms with E-state index < -0.39 is 0 Å². The zero-order valence-corrected chi connectivity index (χ0v) is 10.7. The quantitative estimate of drug-likeness (QED) is 0.662. The van der Waals surface area contributed by atoms with Gasteiger partial charge < -0.3 is 10.1 Å². The van der Waals surface area contributed by atoms with Crippen molar-refractivity contribution in [2.75, 3.05) is 7.11 Å². The molecule has 0 radical (unpaired) electrons. The first kappa shape index (κ1) is 14.4. The van der Waals surface area contributed by atoms with E-state index in [2.05, 4.69) is 26.1 Å². The van der Waals surface area contributed by atoms with Crippen LogP contribution in [0.1, 0.15) is 47.0 Å². The van der Waals surface area contributed by atoms with E-state index in [1.807, 2.05) is 6.92 Å². The topological polar surface area (TPSA) is 38.3 Å². The van der Waals surface area contributed by atoms with E-state index >= 15 is 0 Å². The Hall–Kier alpha value is -0.570. The molecule has 3 heteroatoms. The molecule has 0 saturated heterocycles. The summed E-state index contributed by atoms with van der Waals surface area (Å²) in [5.41, 5.74) is 0. The highest BCUT2D eigenvalue weighted by Crippen LogP contribution is 2.09. The number of rotatable bonds is 7. The van der Waals surface area contributed by atoms with Gasteiger partial charge in [-0.25, -0.2) is 0 Å². The first-order chi connectivity index (χ1) is 7.01. The van der Waals surface area contributed by atoms with E-state index in [-0.39, 0.29) is 11.9 Å². The van der Waals surface area contributed by atoms with Gasteiger partial charge in [-0.15, -0.1) is 0 Å². The van der Waals surface area contributed by atoms with E-state index in [1.54, 1.807) is 0 Å². The summed E-state index contributed by atoms with van der Waals surface area (Å²) in [6.45, 7) is 8.39. The fourth-order valence-corrected chi connectivity index (χ4v) is 1.90. The van der Waals surface area contributed by atoms with Crippen LogP contribution in [0.15, 0.2) is 0 Å². The molecule has 0 aliphatic rings. The number of esters is 1. The van der Waals surface area contributed by atoms with Crippen LogP contribution in [0.5, 0.6) is 0 Å². The van der Waals surface area contributed by atoms with Crippen molar-refractivity contribution in [2.45, 2.75) is 59.0 Å². The van der Waals surface area contributed by atoms with Gasteiger partial charge in [0.05, 0.1) is 13.0 Å². The van der Waals surface area contributed by atoms with Crippen LogP contribution in [0.25, 0.3) is 0 Å². The van der Waals surface area contributed by atoms with Crippen molar-refractivity contribution in [3.05, 3.63) is 0 Å². The molecule has 3 unspecified atom stereocenters. The average molecular weight is 215 g/mol. The van der Waals surface area contributed by atoms with Crippen molar-refractivity contribution in [1.82, 2.24) is 5.32 Å². The Morgan fingerprint density at radius 1 is 1.27 bits per heavy atom. The second-order valence-corrected chi connectivity index (χ2v) is 4.42. The van der Waals surface area contributed by atoms with Gasteiger partial charge in [-0.05, 0) is 26.7 Å². The Morgan fingerprint density at radius 3 is 2.33 bits per heavy atom. The van der Waals surface area contributed by atoms with E-state index in [4.69, 9.17) is 4.74 Å². The SMILES string of the molecule is CCCC(C)NC(C)CC(C)C(=O)OC. The molecule has 0 spiro atoms. The summed E-state index contributed by atoms with van der Waals surface area (Å²) < 4.78 is 4.70. The molecule has 0 aromatic heterocycles. The van der Waals surface area contributed by atoms with Gasteiger partial charge in [-0.3, -0.25) is 4.79 Å². The molecule has 90 valence electrons. The second-order valence-electron chi connectivity index (χ2n) is 4.42. The molecule has 0 heterocycles. The summed E-state index contributed by atoms with van der Waals surface area (Å²) in [6.07, 6.45) is 3.20. The number of carbonyl (C=O) groups is 1.